The molecule has 0 saturated heterocycles. The molecule has 0 unspecified atom stereocenters. The lowest BCUT2D eigenvalue weighted by Gasteiger charge is -2.28. The van der Waals surface area contributed by atoms with E-state index in [2.05, 4.69) is 132 Å². The fourth-order valence-corrected chi connectivity index (χ4v) is 6.49. The predicted octanol–water partition coefficient (Wildman–Crippen LogP) is 11.8. The van der Waals surface area contributed by atoms with Crippen molar-refractivity contribution in [1.29, 1.82) is 0 Å². The van der Waals surface area contributed by atoms with Crippen molar-refractivity contribution in [2.75, 3.05) is 4.90 Å². The first-order valence-electron chi connectivity index (χ1n) is 14.5. The van der Waals surface area contributed by atoms with Crippen LogP contribution < -0.4 is 4.90 Å². The number of benzene rings is 7. The molecular weight excluding hydrogens is 526 g/mol. The molecule has 0 saturated carbocycles. The lowest BCUT2D eigenvalue weighted by atomic mass is 10.00. The minimum atomic E-state index is 0.869. The lowest BCUT2D eigenvalue weighted by Crippen LogP contribution is -2.11. The molecule has 0 N–H and O–H groups in total. The van der Waals surface area contributed by atoms with E-state index in [0.717, 1.165) is 71.9 Å². The van der Waals surface area contributed by atoms with Crippen molar-refractivity contribution in [1.82, 2.24) is 0 Å². The van der Waals surface area contributed by atoms with Crippen LogP contribution in [0, 0.1) is 0 Å². The van der Waals surface area contributed by atoms with Gasteiger partial charge in [-0.05, 0) is 64.9 Å². The largest absolute Gasteiger partial charge is 0.456 e. The molecule has 0 amide bonds. The molecule has 2 aromatic heterocycles. The predicted molar refractivity (Wildman–Crippen MR) is 179 cm³/mol. The van der Waals surface area contributed by atoms with Crippen molar-refractivity contribution in [3.63, 3.8) is 0 Å². The van der Waals surface area contributed by atoms with Crippen molar-refractivity contribution in [2.45, 2.75) is 0 Å². The van der Waals surface area contributed by atoms with Crippen LogP contribution in [0.25, 0.3) is 65.8 Å². The molecule has 0 spiro atoms. The van der Waals surface area contributed by atoms with E-state index in [1.54, 1.807) is 0 Å². The van der Waals surface area contributed by atoms with Crippen LogP contribution in [0.3, 0.4) is 0 Å². The topological polar surface area (TPSA) is 29.5 Å². The van der Waals surface area contributed by atoms with Crippen molar-refractivity contribution < 1.29 is 8.83 Å². The summed E-state index contributed by atoms with van der Waals surface area (Å²) >= 11 is 0. The zero-order valence-electron chi connectivity index (χ0n) is 23.2. The third-order valence-corrected chi connectivity index (χ3v) is 8.45. The van der Waals surface area contributed by atoms with E-state index in [0.29, 0.717) is 0 Å². The van der Waals surface area contributed by atoms with Crippen LogP contribution in [-0.4, -0.2) is 0 Å². The smallest absolute Gasteiger partial charge is 0.137 e. The highest BCUT2D eigenvalue weighted by molar-refractivity contribution is 6.19. The van der Waals surface area contributed by atoms with Crippen molar-refractivity contribution in [3.8, 4) is 11.1 Å². The first kappa shape index (κ1) is 23.9. The Morgan fingerprint density at radius 1 is 0.395 bits per heavy atom. The first-order valence-corrected chi connectivity index (χ1v) is 14.5. The summed E-state index contributed by atoms with van der Waals surface area (Å²) in [5.74, 6) is 0. The van der Waals surface area contributed by atoms with E-state index < -0.39 is 0 Å². The van der Waals surface area contributed by atoms with Crippen molar-refractivity contribution in [3.05, 3.63) is 152 Å². The summed E-state index contributed by atoms with van der Waals surface area (Å²) in [5.41, 5.74) is 9.10. The maximum absolute atomic E-state index is 6.34. The van der Waals surface area contributed by atoms with Gasteiger partial charge in [0, 0.05) is 44.5 Å². The van der Waals surface area contributed by atoms with Gasteiger partial charge in [0.05, 0.1) is 5.69 Å². The third kappa shape index (κ3) is 3.75. The molecule has 0 radical (unpaired) electrons. The van der Waals surface area contributed by atoms with Gasteiger partial charge in [0.2, 0.25) is 0 Å². The van der Waals surface area contributed by atoms with E-state index in [1.807, 2.05) is 24.3 Å². The highest BCUT2D eigenvalue weighted by Crippen LogP contribution is 2.44. The molecular formula is C40H25NO2. The van der Waals surface area contributed by atoms with Gasteiger partial charge in [0.25, 0.3) is 0 Å². The molecule has 0 aliphatic carbocycles. The van der Waals surface area contributed by atoms with Gasteiger partial charge in [-0.25, -0.2) is 0 Å². The Hall–Kier alpha value is -5.80. The Kier molecular flexibility index (Phi) is 5.20. The highest BCUT2D eigenvalue weighted by atomic mass is 16.3. The fourth-order valence-electron chi connectivity index (χ4n) is 6.49. The number of fused-ring (bicyclic) bond motifs is 8. The minimum absolute atomic E-state index is 0.869. The van der Waals surface area contributed by atoms with Crippen LogP contribution in [-0.2, 0) is 0 Å². The molecule has 0 aliphatic rings. The first-order chi connectivity index (χ1) is 21.3. The summed E-state index contributed by atoms with van der Waals surface area (Å²) in [6.07, 6.45) is 0. The molecule has 0 fully saturated rings. The van der Waals surface area contributed by atoms with Gasteiger partial charge in [-0.15, -0.1) is 0 Å². The van der Waals surface area contributed by atoms with E-state index in [4.69, 9.17) is 8.83 Å². The van der Waals surface area contributed by atoms with Crippen molar-refractivity contribution >= 4 is 71.7 Å². The summed E-state index contributed by atoms with van der Waals surface area (Å²) in [6.45, 7) is 0. The zero-order valence-corrected chi connectivity index (χ0v) is 23.2. The van der Waals surface area contributed by atoms with E-state index in [-0.39, 0.29) is 0 Å². The molecule has 3 nitrogen and oxygen atoms in total. The summed E-state index contributed by atoms with van der Waals surface area (Å²) in [4.78, 5) is 2.34. The second-order valence-corrected chi connectivity index (χ2v) is 10.9. The molecule has 7 aromatic carbocycles. The van der Waals surface area contributed by atoms with E-state index >= 15 is 0 Å². The molecule has 3 heteroatoms. The quantitative estimate of drug-likeness (QED) is 0.218. The Morgan fingerprint density at radius 2 is 1.02 bits per heavy atom. The summed E-state index contributed by atoms with van der Waals surface area (Å²) in [7, 11) is 0. The monoisotopic (exact) mass is 551 g/mol. The maximum atomic E-state index is 6.34. The Bertz CT molecular complexity index is 2470. The van der Waals surface area contributed by atoms with Crippen LogP contribution in [0.5, 0.6) is 0 Å². The van der Waals surface area contributed by atoms with Gasteiger partial charge in [-0.2, -0.15) is 0 Å². The Morgan fingerprint density at radius 3 is 1.88 bits per heavy atom. The number of para-hydroxylation sites is 3. The number of nitrogens with zero attached hydrogens (tertiary/aromatic N) is 1. The van der Waals surface area contributed by atoms with Crippen LogP contribution in [0.15, 0.2) is 160 Å². The van der Waals surface area contributed by atoms with Gasteiger partial charge in [-0.1, -0.05) is 97.1 Å². The van der Waals surface area contributed by atoms with Gasteiger partial charge in [0.1, 0.15) is 22.3 Å². The van der Waals surface area contributed by atoms with Gasteiger partial charge in [0.15, 0.2) is 0 Å². The number of anilines is 3. The van der Waals surface area contributed by atoms with Crippen LogP contribution in [0.2, 0.25) is 0 Å². The van der Waals surface area contributed by atoms with Gasteiger partial charge < -0.3 is 13.7 Å². The molecule has 2 heterocycles. The zero-order chi connectivity index (χ0) is 28.3. The highest BCUT2D eigenvalue weighted by Gasteiger charge is 2.20. The number of furan rings is 2. The van der Waals surface area contributed by atoms with E-state index in [1.165, 1.54) is 10.9 Å². The van der Waals surface area contributed by atoms with Crippen LogP contribution in [0.4, 0.5) is 17.1 Å². The average molecular weight is 552 g/mol. The van der Waals surface area contributed by atoms with Gasteiger partial charge >= 0.3 is 0 Å². The Labute approximate surface area is 247 Å². The number of hydrogen-bond donors (Lipinski definition) is 0. The summed E-state index contributed by atoms with van der Waals surface area (Å²) in [6, 6.07) is 53.2. The molecule has 0 bridgehead atoms. The SMILES string of the molecule is c1ccc(-c2ccccc2N(c2ccc3c(ccc4oc5ccccc5c43)c2)c2ccc3c(c2)oc2ccccc23)cc1. The summed E-state index contributed by atoms with van der Waals surface area (Å²) in [5, 5.41) is 6.86. The molecule has 0 aliphatic heterocycles. The van der Waals surface area contributed by atoms with Crippen molar-refractivity contribution in [2.24, 2.45) is 0 Å². The van der Waals surface area contributed by atoms with Crippen LogP contribution in [0.1, 0.15) is 0 Å². The average Bonchev–Trinajstić information content (AvgIpc) is 3.64. The second kappa shape index (κ2) is 9.37. The lowest BCUT2D eigenvalue weighted by molar-refractivity contribution is 0.668. The normalized spacial score (nSPS) is 11.7. The molecule has 9 aromatic rings. The number of rotatable bonds is 4. The van der Waals surface area contributed by atoms with E-state index in [9.17, 15) is 0 Å². The summed E-state index contributed by atoms with van der Waals surface area (Å²) < 4.78 is 12.5. The third-order valence-electron chi connectivity index (χ3n) is 8.45. The molecule has 9 rings (SSSR count). The molecule has 202 valence electrons. The molecule has 0 atom stereocenters. The minimum Gasteiger partial charge on any atom is -0.456 e. The second-order valence-electron chi connectivity index (χ2n) is 10.9. The standard InChI is InChI=1S/C40H25NO2/c1-2-10-26(11-3-1)30-12-4-7-15-35(30)41(29-20-22-33-32-13-5-8-16-36(32)43-39(33)25-29)28-19-21-31-27(24-28)18-23-38-40(31)34-14-6-9-17-37(34)42-38/h1-25H. The Balaban J connectivity index is 1.30. The maximum Gasteiger partial charge on any atom is 0.137 e. The van der Waals surface area contributed by atoms with Gasteiger partial charge in [-0.3, -0.25) is 0 Å². The number of hydrogen-bond acceptors (Lipinski definition) is 3. The van der Waals surface area contributed by atoms with Crippen LogP contribution >= 0.6 is 0 Å². The fraction of sp³-hybridized carbons (Fsp3) is 0. The molecule has 43 heavy (non-hydrogen) atoms.